The molecule has 1 saturated heterocycles. The smallest absolute Gasteiger partial charge is 0.276 e. The van der Waals surface area contributed by atoms with E-state index in [-0.39, 0.29) is 18.3 Å². The minimum atomic E-state index is -0.128. The van der Waals surface area contributed by atoms with Crippen LogP contribution in [0.15, 0.2) is 34.9 Å². The Labute approximate surface area is 158 Å². The van der Waals surface area contributed by atoms with Crippen LogP contribution in [0.3, 0.4) is 0 Å². The van der Waals surface area contributed by atoms with E-state index in [1.165, 1.54) is 6.92 Å². The van der Waals surface area contributed by atoms with Crippen LogP contribution in [0.5, 0.6) is 5.75 Å². The lowest BCUT2D eigenvalue weighted by Gasteiger charge is -2.31. The molecule has 1 aromatic heterocycles. The molecule has 27 heavy (non-hydrogen) atoms. The van der Waals surface area contributed by atoms with Gasteiger partial charge >= 0.3 is 0 Å². The first-order valence-electron chi connectivity index (χ1n) is 9.04. The number of rotatable bonds is 7. The fourth-order valence-electron chi connectivity index (χ4n) is 3.21. The number of methoxy groups -OCH3 is 1. The van der Waals surface area contributed by atoms with Crippen molar-refractivity contribution in [1.82, 2.24) is 10.1 Å². The van der Waals surface area contributed by atoms with E-state index >= 15 is 0 Å². The number of nitrogens with zero attached hydrogens (tertiary/aromatic N) is 2. The molecule has 144 valence electrons. The van der Waals surface area contributed by atoms with Crippen molar-refractivity contribution in [2.75, 3.05) is 26.8 Å². The second-order valence-corrected chi connectivity index (χ2v) is 6.76. The van der Waals surface area contributed by atoms with E-state index in [0.29, 0.717) is 41.8 Å². The van der Waals surface area contributed by atoms with Crippen LogP contribution in [-0.2, 0) is 11.3 Å². The van der Waals surface area contributed by atoms with Gasteiger partial charge in [0.2, 0.25) is 0 Å². The minimum absolute atomic E-state index is 0.00499. The van der Waals surface area contributed by atoms with Gasteiger partial charge in [-0.2, -0.15) is 0 Å². The van der Waals surface area contributed by atoms with Gasteiger partial charge in [-0.3, -0.25) is 9.59 Å². The van der Waals surface area contributed by atoms with Crippen LogP contribution < -0.4 is 4.74 Å². The zero-order chi connectivity index (χ0) is 19.2. The van der Waals surface area contributed by atoms with Crippen LogP contribution in [0.1, 0.15) is 46.4 Å². The molecule has 1 aromatic carbocycles. The highest BCUT2D eigenvalue weighted by Crippen LogP contribution is 2.20. The number of likely N-dealkylation sites (tertiary alicyclic amines) is 1. The lowest BCUT2D eigenvalue weighted by Crippen LogP contribution is -2.41. The average Bonchev–Trinajstić information content (AvgIpc) is 3.15. The van der Waals surface area contributed by atoms with Gasteiger partial charge in [0.1, 0.15) is 12.4 Å². The highest BCUT2D eigenvalue weighted by molar-refractivity contribution is 5.94. The highest BCUT2D eigenvalue weighted by Gasteiger charge is 2.26. The van der Waals surface area contributed by atoms with Gasteiger partial charge in [0.25, 0.3) is 5.91 Å². The summed E-state index contributed by atoms with van der Waals surface area (Å²) in [6.07, 6.45) is 2.03. The lowest BCUT2D eigenvalue weighted by molar-refractivity contribution is 0.0561. The summed E-state index contributed by atoms with van der Waals surface area (Å²) in [4.78, 5) is 25.7. The van der Waals surface area contributed by atoms with Crippen molar-refractivity contribution in [3.63, 3.8) is 0 Å². The molecule has 0 unspecified atom stereocenters. The molecule has 1 aliphatic heterocycles. The predicted octanol–water partition coefficient (Wildman–Crippen LogP) is 2.95. The van der Waals surface area contributed by atoms with Crippen molar-refractivity contribution < 1.29 is 23.6 Å². The Morgan fingerprint density at radius 2 is 2.07 bits per heavy atom. The summed E-state index contributed by atoms with van der Waals surface area (Å²) in [7, 11) is 1.68. The molecule has 1 atom stereocenters. The van der Waals surface area contributed by atoms with E-state index in [1.54, 1.807) is 42.3 Å². The maximum Gasteiger partial charge on any atom is 0.276 e. The van der Waals surface area contributed by atoms with Gasteiger partial charge in [-0.15, -0.1) is 0 Å². The van der Waals surface area contributed by atoms with Crippen LogP contribution >= 0.6 is 0 Å². The summed E-state index contributed by atoms with van der Waals surface area (Å²) in [6.45, 7) is 3.73. The highest BCUT2D eigenvalue weighted by atomic mass is 16.5. The molecule has 3 rings (SSSR count). The minimum Gasteiger partial charge on any atom is -0.486 e. The number of carbonyl (C=O) groups is 2. The first-order valence-corrected chi connectivity index (χ1v) is 9.04. The molecule has 0 bridgehead atoms. The molecule has 1 fully saturated rings. The Bertz CT molecular complexity index is 782. The van der Waals surface area contributed by atoms with E-state index in [2.05, 4.69) is 5.16 Å². The number of carbonyl (C=O) groups excluding carboxylic acids is 2. The molecule has 7 nitrogen and oxygen atoms in total. The first kappa shape index (κ1) is 19.1. The maximum absolute atomic E-state index is 12.6. The SMILES string of the molecule is COC[C@@H]1CCCN(C(=O)c2cc(COc3ccc(C(C)=O)cc3)on2)C1. The van der Waals surface area contributed by atoms with Gasteiger partial charge in [0.05, 0.1) is 6.61 Å². The summed E-state index contributed by atoms with van der Waals surface area (Å²) in [5, 5.41) is 3.89. The number of aromatic nitrogens is 1. The van der Waals surface area contributed by atoms with Crippen molar-refractivity contribution in [2.24, 2.45) is 5.92 Å². The number of Topliss-reactive ketones (excluding diaryl/α,β-unsaturated/α-hetero) is 1. The quantitative estimate of drug-likeness (QED) is 0.695. The Hall–Kier alpha value is -2.67. The Morgan fingerprint density at radius 3 is 2.78 bits per heavy atom. The van der Waals surface area contributed by atoms with E-state index in [4.69, 9.17) is 14.0 Å². The Kier molecular flexibility index (Phi) is 6.24. The average molecular weight is 372 g/mol. The van der Waals surface area contributed by atoms with Gasteiger partial charge < -0.3 is 18.9 Å². The number of amides is 1. The van der Waals surface area contributed by atoms with Crippen LogP contribution in [-0.4, -0.2) is 48.6 Å². The maximum atomic E-state index is 12.6. The van der Waals surface area contributed by atoms with Crippen molar-refractivity contribution in [3.8, 4) is 5.75 Å². The summed E-state index contributed by atoms with van der Waals surface area (Å²) in [6, 6.07) is 8.48. The van der Waals surface area contributed by atoms with E-state index in [1.807, 2.05) is 0 Å². The lowest BCUT2D eigenvalue weighted by atomic mass is 9.99. The first-order chi connectivity index (χ1) is 13.1. The second kappa shape index (κ2) is 8.81. The van der Waals surface area contributed by atoms with Crippen molar-refractivity contribution >= 4 is 11.7 Å². The van der Waals surface area contributed by atoms with Gasteiger partial charge in [-0.25, -0.2) is 0 Å². The molecule has 0 N–H and O–H groups in total. The molecule has 0 aliphatic carbocycles. The molecule has 7 heteroatoms. The van der Waals surface area contributed by atoms with Crippen molar-refractivity contribution in [2.45, 2.75) is 26.4 Å². The molecule has 0 saturated carbocycles. The van der Waals surface area contributed by atoms with Crippen LogP contribution in [0, 0.1) is 5.92 Å². The zero-order valence-corrected chi connectivity index (χ0v) is 15.6. The van der Waals surface area contributed by atoms with Crippen LogP contribution in [0.4, 0.5) is 0 Å². The summed E-state index contributed by atoms with van der Waals surface area (Å²) in [5.41, 5.74) is 0.918. The van der Waals surface area contributed by atoms with Gasteiger partial charge in [0.15, 0.2) is 17.2 Å². The number of piperidine rings is 1. The summed E-state index contributed by atoms with van der Waals surface area (Å²) < 4.78 is 16.1. The molecule has 0 spiro atoms. The molecule has 1 aliphatic rings. The molecule has 2 heterocycles. The molecular formula is C20H24N2O5. The van der Waals surface area contributed by atoms with Gasteiger partial charge in [-0.1, -0.05) is 5.16 Å². The van der Waals surface area contributed by atoms with Crippen molar-refractivity contribution in [1.29, 1.82) is 0 Å². The van der Waals surface area contributed by atoms with E-state index in [0.717, 1.165) is 19.4 Å². The molecule has 1 amide bonds. The van der Waals surface area contributed by atoms with E-state index in [9.17, 15) is 9.59 Å². The molecular weight excluding hydrogens is 348 g/mol. The summed E-state index contributed by atoms with van der Waals surface area (Å²) in [5.74, 6) is 1.32. The third kappa shape index (κ3) is 4.95. The monoisotopic (exact) mass is 372 g/mol. The normalized spacial score (nSPS) is 17.0. The Balaban J connectivity index is 1.56. The van der Waals surface area contributed by atoms with Crippen LogP contribution in [0.25, 0.3) is 0 Å². The fraction of sp³-hybridized carbons (Fsp3) is 0.450. The standard InChI is InChI=1S/C20H24N2O5/c1-14(23)16-5-7-17(8-6-16)26-13-18-10-19(21-27-18)20(24)22-9-3-4-15(11-22)12-25-2/h5-8,10,15H,3-4,9,11-13H2,1-2H3/t15-/m1/s1. The number of benzene rings is 1. The topological polar surface area (TPSA) is 81.9 Å². The largest absolute Gasteiger partial charge is 0.486 e. The van der Waals surface area contributed by atoms with Crippen molar-refractivity contribution in [3.05, 3.63) is 47.3 Å². The van der Waals surface area contributed by atoms with Gasteiger partial charge in [-0.05, 0) is 49.9 Å². The molecule has 0 radical (unpaired) electrons. The second-order valence-electron chi connectivity index (χ2n) is 6.76. The zero-order valence-electron chi connectivity index (χ0n) is 15.6. The number of ether oxygens (including phenoxy) is 2. The number of hydrogen-bond acceptors (Lipinski definition) is 6. The number of hydrogen-bond donors (Lipinski definition) is 0. The Morgan fingerprint density at radius 1 is 1.30 bits per heavy atom. The third-order valence-corrected chi connectivity index (χ3v) is 4.63. The van der Waals surface area contributed by atoms with E-state index < -0.39 is 0 Å². The number of ketones is 1. The van der Waals surface area contributed by atoms with Crippen LogP contribution in [0.2, 0.25) is 0 Å². The van der Waals surface area contributed by atoms with Gasteiger partial charge in [0, 0.05) is 31.8 Å². The third-order valence-electron chi connectivity index (χ3n) is 4.63. The predicted molar refractivity (Wildman–Crippen MR) is 97.8 cm³/mol. The summed E-state index contributed by atoms with van der Waals surface area (Å²) >= 11 is 0. The molecule has 2 aromatic rings. The fourth-order valence-corrected chi connectivity index (χ4v) is 3.21.